The average Bonchev–Trinajstić information content (AvgIpc) is 3.23. The van der Waals surface area contributed by atoms with Gasteiger partial charge in [0.1, 0.15) is 11.2 Å². The molecule has 2 N–H and O–H groups in total. The number of aromatic nitrogens is 3. The number of aromatic amines is 1. The van der Waals surface area contributed by atoms with Crippen molar-refractivity contribution >= 4 is 33.8 Å². The molecule has 158 valence electrons. The molecule has 0 radical (unpaired) electrons. The first kappa shape index (κ1) is 19.3. The van der Waals surface area contributed by atoms with Crippen molar-refractivity contribution in [2.75, 3.05) is 42.9 Å². The molecule has 8 nitrogen and oxygen atoms in total. The van der Waals surface area contributed by atoms with E-state index in [-0.39, 0.29) is 11.5 Å². The van der Waals surface area contributed by atoms with Gasteiger partial charge in [-0.15, -0.1) is 0 Å². The first-order valence-corrected chi connectivity index (χ1v) is 10.5. The fourth-order valence-electron chi connectivity index (χ4n) is 4.14. The molecule has 0 saturated carbocycles. The van der Waals surface area contributed by atoms with Gasteiger partial charge in [0, 0.05) is 37.6 Å². The number of H-pyrrole nitrogens is 1. The summed E-state index contributed by atoms with van der Waals surface area (Å²) >= 11 is 0. The van der Waals surface area contributed by atoms with Gasteiger partial charge in [0.25, 0.3) is 11.5 Å². The third kappa shape index (κ3) is 3.55. The Bertz CT molecular complexity index is 1320. The van der Waals surface area contributed by atoms with Gasteiger partial charge in [-0.05, 0) is 36.9 Å². The van der Waals surface area contributed by atoms with Gasteiger partial charge in [0.2, 0.25) is 0 Å². The SMILES string of the molecule is CCN1CCN(c2cccc(NC(=O)c3cnn4c3[nH]c(=O)c3ccccc34)c2)CC1. The average molecular weight is 416 g/mol. The van der Waals surface area contributed by atoms with Crippen LogP contribution in [0.25, 0.3) is 16.6 Å². The predicted octanol–water partition coefficient (Wildman–Crippen LogP) is 2.57. The van der Waals surface area contributed by atoms with E-state index >= 15 is 0 Å². The van der Waals surface area contributed by atoms with E-state index < -0.39 is 0 Å². The summed E-state index contributed by atoms with van der Waals surface area (Å²) in [4.78, 5) is 33.0. The second-order valence-corrected chi connectivity index (χ2v) is 7.72. The lowest BCUT2D eigenvalue weighted by molar-refractivity contribution is 0.102. The number of nitrogens with zero attached hydrogens (tertiary/aromatic N) is 4. The minimum Gasteiger partial charge on any atom is -0.369 e. The van der Waals surface area contributed by atoms with Crippen LogP contribution in [-0.2, 0) is 0 Å². The molecule has 0 aliphatic carbocycles. The van der Waals surface area contributed by atoms with Crippen LogP contribution in [0.5, 0.6) is 0 Å². The third-order valence-electron chi connectivity index (χ3n) is 5.91. The van der Waals surface area contributed by atoms with Crippen molar-refractivity contribution in [3.05, 3.63) is 70.6 Å². The molecule has 3 heterocycles. The minimum absolute atomic E-state index is 0.245. The summed E-state index contributed by atoms with van der Waals surface area (Å²) in [6, 6.07) is 15.1. The molecule has 0 bridgehead atoms. The molecule has 2 aromatic carbocycles. The molecule has 0 unspecified atom stereocenters. The summed E-state index contributed by atoms with van der Waals surface area (Å²) in [5.41, 5.74) is 2.92. The molecule has 4 aromatic rings. The summed E-state index contributed by atoms with van der Waals surface area (Å²) < 4.78 is 1.59. The molecular formula is C23H24N6O2. The van der Waals surface area contributed by atoms with E-state index in [0.717, 1.165) is 38.4 Å². The Hall–Kier alpha value is -3.65. The molecule has 1 aliphatic heterocycles. The van der Waals surface area contributed by atoms with Crippen molar-refractivity contribution in [3.8, 4) is 0 Å². The summed E-state index contributed by atoms with van der Waals surface area (Å²) in [6.45, 7) is 7.26. The molecule has 5 rings (SSSR count). The second kappa shape index (κ2) is 7.88. The lowest BCUT2D eigenvalue weighted by Gasteiger charge is -2.35. The quantitative estimate of drug-likeness (QED) is 0.534. The van der Waals surface area contributed by atoms with Gasteiger partial charge >= 0.3 is 0 Å². The molecular weight excluding hydrogens is 392 g/mol. The van der Waals surface area contributed by atoms with E-state index in [0.29, 0.717) is 27.8 Å². The van der Waals surface area contributed by atoms with E-state index in [2.05, 4.69) is 38.2 Å². The number of anilines is 2. The van der Waals surface area contributed by atoms with Crippen LogP contribution in [0.3, 0.4) is 0 Å². The topological polar surface area (TPSA) is 85.7 Å². The number of nitrogens with one attached hydrogen (secondary N) is 2. The maximum absolute atomic E-state index is 13.0. The first-order valence-electron chi connectivity index (χ1n) is 10.5. The van der Waals surface area contributed by atoms with Crippen molar-refractivity contribution in [2.45, 2.75) is 6.92 Å². The summed E-state index contributed by atoms with van der Waals surface area (Å²) in [6.07, 6.45) is 1.49. The number of amides is 1. The van der Waals surface area contributed by atoms with E-state index in [4.69, 9.17) is 0 Å². The van der Waals surface area contributed by atoms with Gasteiger partial charge in [-0.3, -0.25) is 9.59 Å². The molecule has 31 heavy (non-hydrogen) atoms. The number of hydrogen-bond acceptors (Lipinski definition) is 5. The fourth-order valence-corrected chi connectivity index (χ4v) is 4.14. The molecule has 1 aliphatic rings. The van der Waals surface area contributed by atoms with E-state index in [1.165, 1.54) is 6.20 Å². The molecule has 1 saturated heterocycles. The van der Waals surface area contributed by atoms with Gasteiger partial charge in [-0.2, -0.15) is 5.10 Å². The van der Waals surface area contributed by atoms with Crippen molar-refractivity contribution in [2.24, 2.45) is 0 Å². The van der Waals surface area contributed by atoms with Crippen molar-refractivity contribution < 1.29 is 4.79 Å². The number of carbonyl (C=O) groups is 1. The van der Waals surface area contributed by atoms with E-state index in [9.17, 15) is 9.59 Å². The summed E-state index contributed by atoms with van der Waals surface area (Å²) in [5.74, 6) is -0.311. The third-order valence-corrected chi connectivity index (χ3v) is 5.91. The summed E-state index contributed by atoms with van der Waals surface area (Å²) in [7, 11) is 0. The molecule has 1 fully saturated rings. The zero-order valence-corrected chi connectivity index (χ0v) is 17.3. The molecule has 2 aromatic heterocycles. The smallest absolute Gasteiger partial charge is 0.261 e. The zero-order valence-electron chi connectivity index (χ0n) is 17.3. The van der Waals surface area contributed by atoms with Crippen LogP contribution in [0, 0.1) is 0 Å². The predicted molar refractivity (Wildman–Crippen MR) is 122 cm³/mol. The molecule has 0 spiro atoms. The highest BCUT2D eigenvalue weighted by Crippen LogP contribution is 2.22. The number of benzene rings is 2. The highest BCUT2D eigenvalue weighted by Gasteiger charge is 2.18. The van der Waals surface area contributed by atoms with Crippen LogP contribution in [0.4, 0.5) is 11.4 Å². The maximum atomic E-state index is 13.0. The van der Waals surface area contributed by atoms with E-state index in [1.807, 2.05) is 30.3 Å². The fraction of sp³-hybridized carbons (Fsp3) is 0.261. The Morgan fingerprint density at radius 2 is 1.90 bits per heavy atom. The maximum Gasteiger partial charge on any atom is 0.261 e. The monoisotopic (exact) mass is 416 g/mol. The Morgan fingerprint density at radius 1 is 1.10 bits per heavy atom. The van der Waals surface area contributed by atoms with Gasteiger partial charge in [0.05, 0.1) is 17.1 Å². The number of likely N-dealkylation sites (N-methyl/N-ethyl adjacent to an activating group) is 1. The lowest BCUT2D eigenvalue weighted by atomic mass is 10.2. The van der Waals surface area contributed by atoms with Gasteiger partial charge < -0.3 is 20.1 Å². The lowest BCUT2D eigenvalue weighted by Crippen LogP contribution is -2.46. The number of hydrogen-bond donors (Lipinski definition) is 2. The van der Waals surface area contributed by atoms with Gasteiger partial charge in [0.15, 0.2) is 0 Å². The standard InChI is InChI=1S/C23H24N6O2/c1-2-27-10-12-28(13-11-27)17-7-5-6-16(14-17)25-23(31)19-15-24-29-20-9-4-3-8-18(20)22(30)26-21(19)29/h3-9,14-15H,2,10-13H2,1H3,(H,25,31)(H,26,30). The largest absolute Gasteiger partial charge is 0.369 e. The summed E-state index contributed by atoms with van der Waals surface area (Å²) in [5, 5.41) is 7.81. The van der Waals surface area contributed by atoms with Crippen molar-refractivity contribution in [1.29, 1.82) is 0 Å². The Morgan fingerprint density at radius 3 is 2.71 bits per heavy atom. The Kier molecular flexibility index (Phi) is 4.91. The van der Waals surface area contributed by atoms with Crippen LogP contribution in [0.1, 0.15) is 17.3 Å². The second-order valence-electron chi connectivity index (χ2n) is 7.72. The number of para-hydroxylation sites is 1. The molecule has 1 amide bonds. The highest BCUT2D eigenvalue weighted by atomic mass is 16.2. The van der Waals surface area contributed by atoms with Crippen molar-refractivity contribution in [1.82, 2.24) is 19.5 Å². The first-order chi connectivity index (χ1) is 15.1. The van der Waals surface area contributed by atoms with Crippen molar-refractivity contribution in [3.63, 3.8) is 0 Å². The Labute approximate surface area is 179 Å². The van der Waals surface area contributed by atoms with E-state index in [1.54, 1.807) is 16.6 Å². The van der Waals surface area contributed by atoms with Gasteiger partial charge in [-0.25, -0.2) is 4.52 Å². The minimum atomic E-state index is -0.311. The number of fused-ring (bicyclic) bond motifs is 3. The number of piperazine rings is 1. The van der Waals surface area contributed by atoms with Crippen LogP contribution in [0.15, 0.2) is 59.5 Å². The van der Waals surface area contributed by atoms with Gasteiger partial charge in [-0.1, -0.05) is 25.1 Å². The molecule has 0 atom stereocenters. The van der Waals surface area contributed by atoms with Crippen LogP contribution in [-0.4, -0.2) is 58.1 Å². The van der Waals surface area contributed by atoms with Crippen LogP contribution < -0.4 is 15.8 Å². The Balaban J connectivity index is 1.41. The normalized spacial score (nSPS) is 14.9. The van der Waals surface area contributed by atoms with Crippen LogP contribution in [0.2, 0.25) is 0 Å². The molecule has 8 heteroatoms. The van der Waals surface area contributed by atoms with Crippen LogP contribution >= 0.6 is 0 Å². The number of carbonyl (C=O) groups excluding carboxylic acids is 1. The highest BCUT2D eigenvalue weighted by molar-refractivity contribution is 6.08. The number of rotatable bonds is 4. The zero-order chi connectivity index (χ0) is 21.4.